The minimum Gasteiger partial charge on any atom is -0.444 e. The molecular weight excluding hydrogens is 372 g/mol. The number of rotatable bonds is 4. The fraction of sp³-hybridized carbons (Fsp3) is 0.435. The lowest BCUT2D eigenvalue weighted by atomic mass is 9.97. The topological polar surface area (TPSA) is 32.8 Å². The van der Waals surface area contributed by atoms with E-state index in [1.165, 1.54) is 16.7 Å². The van der Waals surface area contributed by atoms with Gasteiger partial charge in [0.25, 0.3) is 0 Å². The van der Waals surface area contributed by atoms with E-state index < -0.39 is 5.60 Å². The van der Waals surface area contributed by atoms with Crippen LogP contribution < -0.4 is 0 Å². The maximum atomic E-state index is 12.2. The van der Waals surface area contributed by atoms with E-state index >= 15 is 0 Å². The second kappa shape index (κ2) is 8.97. The zero-order valence-corrected chi connectivity index (χ0v) is 17.7. The number of amides is 1. The van der Waals surface area contributed by atoms with Crippen LogP contribution in [-0.2, 0) is 11.2 Å². The first-order chi connectivity index (χ1) is 13.3. The molecule has 1 heterocycles. The van der Waals surface area contributed by atoms with E-state index in [9.17, 15) is 4.79 Å². The Kier molecular flexibility index (Phi) is 6.63. The molecule has 1 saturated heterocycles. The lowest BCUT2D eigenvalue weighted by molar-refractivity contribution is 0.0146. The summed E-state index contributed by atoms with van der Waals surface area (Å²) in [6.45, 7) is 9.87. The summed E-state index contributed by atoms with van der Waals surface area (Å²) in [7, 11) is 0. The third-order valence-corrected chi connectivity index (χ3v) is 5.15. The molecule has 1 fully saturated rings. The molecule has 2 aromatic carbocycles. The fourth-order valence-electron chi connectivity index (χ4n) is 3.41. The van der Waals surface area contributed by atoms with Gasteiger partial charge < -0.3 is 9.64 Å². The van der Waals surface area contributed by atoms with Crippen molar-refractivity contribution in [3.8, 4) is 11.1 Å². The first-order valence-electron chi connectivity index (χ1n) is 9.86. The van der Waals surface area contributed by atoms with Crippen molar-refractivity contribution in [3.05, 3.63) is 59.1 Å². The van der Waals surface area contributed by atoms with Crippen LogP contribution in [0.4, 0.5) is 4.79 Å². The highest BCUT2D eigenvalue weighted by atomic mass is 35.5. The molecule has 0 saturated carbocycles. The van der Waals surface area contributed by atoms with E-state index in [0.29, 0.717) is 13.1 Å². The standard InChI is InChI=1S/C23H29ClN2O2/c1-23(2,3)28-22(27)26-16-14-25(15-17-26)13-12-18-6-4-5-7-21(18)19-8-10-20(24)11-9-19/h4-11H,12-17H2,1-3H3. The molecule has 28 heavy (non-hydrogen) atoms. The number of hydrogen-bond donors (Lipinski definition) is 0. The average molecular weight is 401 g/mol. The number of hydrogen-bond acceptors (Lipinski definition) is 3. The zero-order chi connectivity index (χ0) is 20.1. The molecule has 150 valence electrons. The predicted molar refractivity (Wildman–Crippen MR) is 115 cm³/mol. The largest absolute Gasteiger partial charge is 0.444 e. The smallest absolute Gasteiger partial charge is 0.410 e. The van der Waals surface area contributed by atoms with E-state index in [0.717, 1.165) is 31.1 Å². The van der Waals surface area contributed by atoms with Crippen LogP contribution in [0.2, 0.25) is 5.02 Å². The van der Waals surface area contributed by atoms with Crippen molar-refractivity contribution >= 4 is 17.7 Å². The Morgan fingerprint density at radius 2 is 1.64 bits per heavy atom. The summed E-state index contributed by atoms with van der Waals surface area (Å²) in [5, 5.41) is 0.754. The van der Waals surface area contributed by atoms with Crippen LogP contribution in [0.25, 0.3) is 11.1 Å². The lowest BCUT2D eigenvalue weighted by Gasteiger charge is -2.35. The molecule has 0 aliphatic carbocycles. The summed E-state index contributed by atoms with van der Waals surface area (Å²) in [6, 6.07) is 16.5. The summed E-state index contributed by atoms with van der Waals surface area (Å²) < 4.78 is 5.47. The van der Waals surface area contributed by atoms with Crippen LogP contribution >= 0.6 is 11.6 Å². The van der Waals surface area contributed by atoms with Crippen LogP contribution in [0, 0.1) is 0 Å². The molecule has 0 aromatic heterocycles. The normalized spacial score (nSPS) is 15.5. The Labute approximate surface area is 173 Å². The van der Waals surface area contributed by atoms with Crippen molar-refractivity contribution in [3.63, 3.8) is 0 Å². The zero-order valence-electron chi connectivity index (χ0n) is 17.0. The SMILES string of the molecule is CC(C)(C)OC(=O)N1CCN(CCc2ccccc2-c2ccc(Cl)cc2)CC1. The molecule has 4 nitrogen and oxygen atoms in total. The van der Waals surface area contributed by atoms with Gasteiger partial charge in [0.05, 0.1) is 0 Å². The number of carbonyl (C=O) groups is 1. The first kappa shape index (κ1) is 20.7. The summed E-state index contributed by atoms with van der Waals surface area (Å²) >= 11 is 6.03. The third-order valence-electron chi connectivity index (χ3n) is 4.89. The van der Waals surface area contributed by atoms with Gasteiger partial charge >= 0.3 is 6.09 Å². The van der Waals surface area contributed by atoms with Crippen LogP contribution in [0.15, 0.2) is 48.5 Å². The molecule has 3 rings (SSSR count). The van der Waals surface area contributed by atoms with Gasteiger partial charge in [0, 0.05) is 37.7 Å². The van der Waals surface area contributed by atoms with E-state index in [-0.39, 0.29) is 6.09 Å². The van der Waals surface area contributed by atoms with Crippen LogP contribution in [0.5, 0.6) is 0 Å². The minimum atomic E-state index is -0.445. The Morgan fingerprint density at radius 3 is 2.29 bits per heavy atom. The molecule has 0 unspecified atom stereocenters. The highest BCUT2D eigenvalue weighted by Crippen LogP contribution is 2.25. The fourth-order valence-corrected chi connectivity index (χ4v) is 3.53. The molecule has 5 heteroatoms. The molecule has 1 aliphatic heterocycles. The molecule has 0 radical (unpaired) electrons. The predicted octanol–water partition coefficient (Wildman–Crippen LogP) is 5.10. The number of ether oxygens (including phenoxy) is 1. The molecule has 0 atom stereocenters. The van der Waals surface area contributed by atoms with Gasteiger partial charge in [-0.2, -0.15) is 0 Å². The van der Waals surface area contributed by atoms with E-state index in [2.05, 4.69) is 41.3 Å². The van der Waals surface area contributed by atoms with Gasteiger partial charge in [-0.25, -0.2) is 4.79 Å². The van der Waals surface area contributed by atoms with E-state index in [4.69, 9.17) is 16.3 Å². The number of halogens is 1. The minimum absolute atomic E-state index is 0.208. The van der Waals surface area contributed by atoms with Crippen molar-refractivity contribution in [2.45, 2.75) is 32.8 Å². The average Bonchev–Trinajstić information content (AvgIpc) is 2.66. The van der Waals surface area contributed by atoms with Crippen molar-refractivity contribution in [2.75, 3.05) is 32.7 Å². The summed E-state index contributed by atoms with van der Waals surface area (Å²) in [5.74, 6) is 0. The lowest BCUT2D eigenvalue weighted by Crippen LogP contribution is -2.50. The number of benzene rings is 2. The number of piperazine rings is 1. The Morgan fingerprint density at radius 1 is 1.00 bits per heavy atom. The van der Waals surface area contributed by atoms with Crippen molar-refractivity contribution in [2.24, 2.45) is 0 Å². The van der Waals surface area contributed by atoms with E-state index in [1.54, 1.807) is 0 Å². The molecule has 0 N–H and O–H groups in total. The quantitative estimate of drug-likeness (QED) is 0.715. The van der Waals surface area contributed by atoms with Crippen molar-refractivity contribution in [1.82, 2.24) is 9.80 Å². The van der Waals surface area contributed by atoms with Crippen molar-refractivity contribution < 1.29 is 9.53 Å². The Balaban J connectivity index is 1.55. The maximum Gasteiger partial charge on any atom is 0.410 e. The van der Waals surface area contributed by atoms with Gasteiger partial charge in [-0.3, -0.25) is 4.90 Å². The van der Waals surface area contributed by atoms with E-state index in [1.807, 2.05) is 37.8 Å². The summed E-state index contributed by atoms with van der Waals surface area (Å²) in [4.78, 5) is 16.4. The van der Waals surface area contributed by atoms with Gasteiger partial charge in [-0.05, 0) is 56.0 Å². The highest BCUT2D eigenvalue weighted by molar-refractivity contribution is 6.30. The Bertz CT molecular complexity index is 791. The van der Waals surface area contributed by atoms with Gasteiger partial charge in [-0.15, -0.1) is 0 Å². The summed E-state index contributed by atoms with van der Waals surface area (Å²) in [5.41, 5.74) is 3.33. The molecule has 0 spiro atoms. The molecule has 1 amide bonds. The van der Waals surface area contributed by atoms with Crippen LogP contribution in [0.1, 0.15) is 26.3 Å². The van der Waals surface area contributed by atoms with Gasteiger partial charge in [-0.1, -0.05) is 48.0 Å². The van der Waals surface area contributed by atoms with Gasteiger partial charge in [0.1, 0.15) is 5.60 Å². The van der Waals surface area contributed by atoms with Crippen LogP contribution in [0.3, 0.4) is 0 Å². The van der Waals surface area contributed by atoms with Gasteiger partial charge in [0.15, 0.2) is 0 Å². The van der Waals surface area contributed by atoms with Crippen molar-refractivity contribution in [1.29, 1.82) is 0 Å². The third kappa shape index (κ3) is 5.73. The second-order valence-electron chi connectivity index (χ2n) is 8.22. The Hall–Kier alpha value is -2.04. The summed E-state index contributed by atoms with van der Waals surface area (Å²) in [6.07, 6.45) is 0.769. The van der Waals surface area contributed by atoms with Crippen LogP contribution in [-0.4, -0.2) is 54.2 Å². The van der Waals surface area contributed by atoms with Gasteiger partial charge in [0.2, 0.25) is 0 Å². The second-order valence-corrected chi connectivity index (χ2v) is 8.66. The molecule has 2 aromatic rings. The highest BCUT2D eigenvalue weighted by Gasteiger charge is 2.25. The number of nitrogens with zero attached hydrogens (tertiary/aromatic N) is 2. The first-order valence-corrected chi connectivity index (χ1v) is 10.2. The molecule has 1 aliphatic rings. The number of carbonyl (C=O) groups excluding carboxylic acids is 1. The molecular formula is C23H29ClN2O2. The maximum absolute atomic E-state index is 12.2. The molecule has 0 bridgehead atoms. The monoisotopic (exact) mass is 400 g/mol.